The first-order valence-electron chi connectivity index (χ1n) is 6.68. The maximum absolute atomic E-state index is 9.16. The number of hydrogen-bond donors (Lipinski definition) is 0. The first kappa shape index (κ1) is 13.5. The standard InChI is InChI=1S/C17H12ClN3/c18-16-7-14(9-19)15(10-20)8-17(16)21-6-5-12-3-1-2-4-13(12)11-21/h1-4,7-8H,5-6,11H2. The number of halogens is 1. The molecule has 0 atom stereocenters. The van der Waals surface area contributed by atoms with Crippen molar-refractivity contribution in [3.05, 3.63) is 63.7 Å². The van der Waals surface area contributed by atoms with E-state index < -0.39 is 0 Å². The van der Waals surface area contributed by atoms with Crippen LogP contribution in [0.2, 0.25) is 5.02 Å². The second-order valence-corrected chi connectivity index (χ2v) is 5.42. The third-order valence-electron chi connectivity index (χ3n) is 3.80. The van der Waals surface area contributed by atoms with Crippen molar-refractivity contribution in [2.45, 2.75) is 13.0 Å². The molecule has 0 unspecified atom stereocenters. The lowest BCUT2D eigenvalue weighted by Crippen LogP contribution is -2.30. The summed E-state index contributed by atoms with van der Waals surface area (Å²) in [5.41, 5.74) is 4.16. The van der Waals surface area contributed by atoms with Crippen LogP contribution in [0.3, 0.4) is 0 Å². The highest BCUT2D eigenvalue weighted by Gasteiger charge is 2.19. The molecular formula is C17H12ClN3. The van der Waals surface area contributed by atoms with E-state index in [0.29, 0.717) is 16.1 Å². The third kappa shape index (κ3) is 2.44. The largest absolute Gasteiger partial charge is 0.366 e. The Morgan fingerprint density at radius 2 is 1.67 bits per heavy atom. The Hall–Kier alpha value is -2.49. The highest BCUT2D eigenvalue weighted by molar-refractivity contribution is 6.33. The molecule has 1 aliphatic heterocycles. The van der Waals surface area contributed by atoms with Crippen LogP contribution >= 0.6 is 11.6 Å². The number of rotatable bonds is 1. The molecule has 0 N–H and O–H groups in total. The van der Waals surface area contributed by atoms with Gasteiger partial charge in [-0.15, -0.1) is 0 Å². The van der Waals surface area contributed by atoms with Gasteiger partial charge in [0.15, 0.2) is 0 Å². The Morgan fingerprint density at radius 1 is 1.00 bits per heavy atom. The normalized spacial score (nSPS) is 13.2. The minimum Gasteiger partial charge on any atom is -0.366 e. The van der Waals surface area contributed by atoms with Gasteiger partial charge in [-0.25, -0.2) is 0 Å². The van der Waals surface area contributed by atoms with Gasteiger partial charge < -0.3 is 4.90 Å². The van der Waals surface area contributed by atoms with Gasteiger partial charge in [0.2, 0.25) is 0 Å². The predicted octanol–water partition coefficient (Wildman–Crippen LogP) is 3.65. The number of nitriles is 2. The summed E-state index contributed by atoms with van der Waals surface area (Å²) >= 11 is 6.30. The average Bonchev–Trinajstić information content (AvgIpc) is 2.54. The summed E-state index contributed by atoms with van der Waals surface area (Å²) in [6.07, 6.45) is 0.953. The van der Waals surface area contributed by atoms with Crippen LogP contribution in [0.25, 0.3) is 0 Å². The van der Waals surface area contributed by atoms with E-state index in [4.69, 9.17) is 22.1 Å². The van der Waals surface area contributed by atoms with Crippen molar-refractivity contribution >= 4 is 17.3 Å². The van der Waals surface area contributed by atoms with Crippen LogP contribution in [0, 0.1) is 22.7 Å². The molecule has 21 heavy (non-hydrogen) atoms. The van der Waals surface area contributed by atoms with Crippen LogP contribution in [0.15, 0.2) is 36.4 Å². The first-order valence-corrected chi connectivity index (χ1v) is 7.06. The molecular weight excluding hydrogens is 282 g/mol. The van der Waals surface area contributed by atoms with Crippen molar-refractivity contribution in [1.29, 1.82) is 10.5 Å². The molecule has 3 rings (SSSR count). The minimum atomic E-state index is 0.323. The fraction of sp³-hybridized carbons (Fsp3) is 0.176. The van der Waals surface area contributed by atoms with E-state index in [2.05, 4.69) is 29.2 Å². The summed E-state index contributed by atoms with van der Waals surface area (Å²) in [6.45, 7) is 1.63. The zero-order valence-corrected chi connectivity index (χ0v) is 12.1. The van der Waals surface area contributed by atoms with Gasteiger partial charge in [-0.3, -0.25) is 0 Å². The van der Waals surface area contributed by atoms with Gasteiger partial charge >= 0.3 is 0 Å². The van der Waals surface area contributed by atoms with Crippen molar-refractivity contribution in [3.63, 3.8) is 0 Å². The molecule has 0 spiro atoms. The van der Waals surface area contributed by atoms with Crippen molar-refractivity contribution < 1.29 is 0 Å². The summed E-state index contributed by atoms with van der Waals surface area (Å²) in [6, 6.07) is 15.7. The maximum Gasteiger partial charge on any atom is 0.101 e. The number of fused-ring (bicyclic) bond motifs is 1. The van der Waals surface area contributed by atoms with E-state index in [1.54, 1.807) is 12.1 Å². The Kier molecular flexibility index (Phi) is 3.52. The van der Waals surface area contributed by atoms with E-state index in [1.807, 2.05) is 12.1 Å². The summed E-state index contributed by atoms with van der Waals surface area (Å²) in [5.74, 6) is 0. The van der Waals surface area contributed by atoms with Crippen molar-refractivity contribution in [3.8, 4) is 12.1 Å². The average molecular weight is 294 g/mol. The van der Waals surface area contributed by atoms with Gasteiger partial charge in [-0.2, -0.15) is 10.5 Å². The highest BCUT2D eigenvalue weighted by Crippen LogP contribution is 2.32. The highest BCUT2D eigenvalue weighted by atomic mass is 35.5. The lowest BCUT2D eigenvalue weighted by Gasteiger charge is -2.31. The van der Waals surface area contributed by atoms with Gasteiger partial charge in [0.25, 0.3) is 0 Å². The molecule has 0 aliphatic carbocycles. The molecule has 102 valence electrons. The lowest BCUT2D eigenvalue weighted by atomic mass is 9.99. The molecule has 0 fully saturated rings. The van der Waals surface area contributed by atoms with Crippen LogP contribution < -0.4 is 4.90 Å². The van der Waals surface area contributed by atoms with Crippen LogP contribution in [0.4, 0.5) is 5.69 Å². The minimum absolute atomic E-state index is 0.323. The lowest BCUT2D eigenvalue weighted by molar-refractivity contribution is 0.732. The van der Waals surface area contributed by atoms with E-state index >= 15 is 0 Å². The molecule has 3 nitrogen and oxygen atoms in total. The van der Waals surface area contributed by atoms with Crippen LogP contribution in [-0.4, -0.2) is 6.54 Å². The second-order valence-electron chi connectivity index (χ2n) is 5.01. The summed E-state index contributed by atoms with van der Waals surface area (Å²) < 4.78 is 0. The van der Waals surface area contributed by atoms with E-state index in [-0.39, 0.29) is 0 Å². The zero-order valence-electron chi connectivity index (χ0n) is 11.3. The molecule has 4 heteroatoms. The fourth-order valence-electron chi connectivity index (χ4n) is 2.69. The van der Waals surface area contributed by atoms with E-state index in [0.717, 1.165) is 25.2 Å². The summed E-state index contributed by atoms with van der Waals surface area (Å²) in [5, 5.41) is 18.7. The predicted molar refractivity (Wildman–Crippen MR) is 82.1 cm³/mol. The van der Waals surface area contributed by atoms with Gasteiger partial charge in [-0.1, -0.05) is 35.9 Å². The zero-order chi connectivity index (χ0) is 14.8. The van der Waals surface area contributed by atoms with Crippen LogP contribution in [-0.2, 0) is 13.0 Å². The Morgan fingerprint density at radius 3 is 2.38 bits per heavy atom. The number of benzene rings is 2. The van der Waals surface area contributed by atoms with Gasteiger partial charge in [-0.05, 0) is 29.7 Å². The molecule has 0 amide bonds. The Labute approximate surface area is 128 Å². The quantitative estimate of drug-likeness (QED) is 0.806. The monoisotopic (exact) mass is 293 g/mol. The summed E-state index contributed by atoms with van der Waals surface area (Å²) in [4.78, 5) is 2.16. The van der Waals surface area contributed by atoms with Crippen LogP contribution in [0.1, 0.15) is 22.3 Å². The molecule has 0 radical (unpaired) electrons. The third-order valence-corrected chi connectivity index (χ3v) is 4.10. The number of hydrogen-bond acceptors (Lipinski definition) is 3. The first-order chi connectivity index (χ1) is 10.2. The SMILES string of the molecule is N#Cc1cc(Cl)c(N2CCc3ccccc3C2)cc1C#N. The topological polar surface area (TPSA) is 50.8 Å². The van der Waals surface area contributed by atoms with E-state index in [9.17, 15) is 0 Å². The van der Waals surface area contributed by atoms with E-state index in [1.165, 1.54) is 11.1 Å². The fourth-order valence-corrected chi connectivity index (χ4v) is 2.97. The van der Waals surface area contributed by atoms with Crippen molar-refractivity contribution in [2.24, 2.45) is 0 Å². The Bertz CT molecular complexity index is 784. The Balaban J connectivity index is 2.00. The number of nitrogens with zero attached hydrogens (tertiary/aromatic N) is 3. The number of anilines is 1. The molecule has 0 saturated heterocycles. The molecule has 1 aliphatic rings. The second kappa shape index (κ2) is 5.48. The van der Waals surface area contributed by atoms with Gasteiger partial charge in [0, 0.05) is 13.1 Å². The maximum atomic E-state index is 9.16. The molecule has 0 saturated carbocycles. The van der Waals surface area contributed by atoms with Gasteiger partial charge in [0.05, 0.1) is 21.8 Å². The summed E-state index contributed by atoms with van der Waals surface area (Å²) in [7, 11) is 0. The molecule has 0 aromatic heterocycles. The van der Waals surface area contributed by atoms with Crippen LogP contribution in [0.5, 0.6) is 0 Å². The molecule has 2 aromatic rings. The van der Waals surface area contributed by atoms with Crippen molar-refractivity contribution in [1.82, 2.24) is 0 Å². The smallest absolute Gasteiger partial charge is 0.101 e. The van der Waals surface area contributed by atoms with Crippen molar-refractivity contribution in [2.75, 3.05) is 11.4 Å². The molecule has 2 aromatic carbocycles. The molecule has 1 heterocycles. The van der Waals surface area contributed by atoms with Gasteiger partial charge in [0.1, 0.15) is 12.1 Å². The molecule has 0 bridgehead atoms.